The lowest BCUT2D eigenvalue weighted by atomic mass is 10.1. The van der Waals surface area contributed by atoms with Crippen LogP contribution in [0.25, 0.3) is 0 Å². The first-order valence-corrected chi connectivity index (χ1v) is 7.32. The first kappa shape index (κ1) is 12.4. The molecular weight excluding hydrogens is 256 g/mol. The number of epoxide rings is 3. The summed E-state index contributed by atoms with van der Waals surface area (Å²) in [5, 5.41) is 6.91. The molecule has 4 rings (SSSR count). The minimum Gasteiger partial charge on any atom is -0.382 e. The third-order valence-corrected chi connectivity index (χ3v) is 3.81. The van der Waals surface area contributed by atoms with Gasteiger partial charge in [0.2, 0.25) is 0 Å². The van der Waals surface area contributed by atoms with E-state index in [1.54, 1.807) is 0 Å². The van der Waals surface area contributed by atoms with Crippen molar-refractivity contribution in [3.05, 3.63) is 23.8 Å². The molecule has 0 spiro atoms. The number of anilines is 2. The quantitative estimate of drug-likeness (QED) is 0.700. The molecule has 2 N–H and O–H groups in total. The normalized spacial score (nSPS) is 29.9. The molecule has 3 aliphatic heterocycles. The van der Waals surface area contributed by atoms with E-state index in [1.807, 2.05) is 0 Å². The predicted octanol–water partition coefficient (Wildman–Crippen LogP) is 1.25. The van der Waals surface area contributed by atoms with Crippen LogP contribution in [0.3, 0.4) is 0 Å². The van der Waals surface area contributed by atoms with Crippen molar-refractivity contribution in [1.29, 1.82) is 0 Å². The third kappa shape index (κ3) is 3.42. The van der Waals surface area contributed by atoms with Crippen LogP contribution in [0, 0.1) is 0 Å². The maximum Gasteiger partial charge on any atom is 0.0981 e. The third-order valence-electron chi connectivity index (χ3n) is 3.81. The van der Waals surface area contributed by atoms with E-state index in [2.05, 4.69) is 28.8 Å². The number of nitrogens with one attached hydrogen (secondary N) is 2. The zero-order valence-electron chi connectivity index (χ0n) is 11.4. The highest BCUT2D eigenvalue weighted by molar-refractivity contribution is 5.60. The van der Waals surface area contributed by atoms with E-state index in [9.17, 15) is 0 Å². The lowest BCUT2D eigenvalue weighted by Gasteiger charge is -2.13. The van der Waals surface area contributed by atoms with Crippen LogP contribution in [0.1, 0.15) is 5.56 Å². The molecule has 108 valence electrons. The molecule has 20 heavy (non-hydrogen) atoms. The summed E-state index contributed by atoms with van der Waals surface area (Å²) in [5.41, 5.74) is 3.67. The molecule has 1 aromatic carbocycles. The first-order valence-electron chi connectivity index (χ1n) is 7.32. The fourth-order valence-corrected chi connectivity index (χ4v) is 2.30. The van der Waals surface area contributed by atoms with Crippen LogP contribution in [-0.4, -0.2) is 51.2 Å². The summed E-state index contributed by atoms with van der Waals surface area (Å²) in [6, 6.07) is 6.49. The Hall–Kier alpha value is -1.30. The predicted molar refractivity (Wildman–Crippen MR) is 76.3 cm³/mol. The lowest BCUT2D eigenvalue weighted by Crippen LogP contribution is -2.12. The average molecular weight is 276 g/mol. The SMILES string of the molecule is c1cc(NCC2CO2)c(CC2CO2)cc1NCC1CO1. The van der Waals surface area contributed by atoms with Gasteiger partial charge in [-0.25, -0.2) is 0 Å². The Morgan fingerprint density at radius 2 is 1.55 bits per heavy atom. The van der Waals surface area contributed by atoms with Crippen LogP contribution in [0.4, 0.5) is 11.4 Å². The fourth-order valence-electron chi connectivity index (χ4n) is 2.30. The molecular formula is C15H20N2O3. The summed E-state index contributed by atoms with van der Waals surface area (Å²) < 4.78 is 15.8. The smallest absolute Gasteiger partial charge is 0.0981 e. The Balaban J connectivity index is 1.43. The number of hydrogen-bond donors (Lipinski definition) is 2. The van der Waals surface area contributed by atoms with E-state index in [-0.39, 0.29) is 0 Å². The summed E-state index contributed by atoms with van der Waals surface area (Å²) >= 11 is 0. The zero-order chi connectivity index (χ0) is 13.4. The van der Waals surface area contributed by atoms with Crippen LogP contribution in [0.2, 0.25) is 0 Å². The van der Waals surface area contributed by atoms with Crippen molar-refractivity contribution >= 4 is 11.4 Å². The molecule has 3 saturated heterocycles. The Morgan fingerprint density at radius 3 is 2.20 bits per heavy atom. The van der Waals surface area contributed by atoms with Gasteiger partial charge < -0.3 is 24.8 Å². The van der Waals surface area contributed by atoms with Crippen molar-refractivity contribution in [2.45, 2.75) is 24.7 Å². The summed E-state index contributed by atoms with van der Waals surface area (Å²) in [4.78, 5) is 0. The van der Waals surface area contributed by atoms with Crippen molar-refractivity contribution in [1.82, 2.24) is 0 Å². The maximum atomic E-state index is 5.36. The molecule has 3 atom stereocenters. The Bertz CT molecular complexity index is 482. The molecule has 0 aliphatic carbocycles. The van der Waals surface area contributed by atoms with E-state index < -0.39 is 0 Å². The zero-order valence-corrected chi connectivity index (χ0v) is 11.4. The first-order chi connectivity index (χ1) is 9.87. The van der Waals surface area contributed by atoms with Gasteiger partial charge in [0.1, 0.15) is 0 Å². The van der Waals surface area contributed by atoms with Gasteiger partial charge in [-0.2, -0.15) is 0 Å². The maximum absolute atomic E-state index is 5.36. The number of benzene rings is 1. The van der Waals surface area contributed by atoms with Crippen molar-refractivity contribution in [2.75, 3.05) is 43.5 Å². The molecule has 5 nitrogen and oxygen atoms in total. The van der Waals surface area contributed by atoms with Gasteiger partial charge in [0.05, 0.1) is 38.1 Å². The molecule has 3 heterocycles. The highest BCUT2D eigenvalue weighted by Gasteiger charge is 2.26. The molecule has 3 unspecified atom stereocenters. The number of ether oxygens (including phenoxy) is 3. The molecule has 1 aromatic rings. The van der Waals surface area contributed by atoms with Crippen LogP contribution in [-0.2, 0) is 20.6 Å². The molecule has 0 radical (unpaired) electrons. The van der Waals surface area contributed by atoms with E-state index in [0.29, 0.717) is 18.3 Å². The molecule has 0 saturated carbocycles. The van der Waals surface area contributed by atoms with Gasteiger partial charge >= 0.3 is 0 Å². The Labute approximate surface area is 118 Å². The minimum absolute atomic E-state index is 0.393. The van der Waals surface area contributed by atoms with Crippen molar-refractivity contribution in [3.63, 3.8) is 0 Å². The standard InChI is InChI=1S/C15H20N2O3/c1-2-15(17-6-14-9-20-14)10(4-12-7-18-12)3-11(1)16-5-13-8-19-13/h1-3,12-14,16-17H,4-9H2. The van der Waals surface area contributed by atoms with Gasteiger partial charge in [0, 0.05) is 30.9 Å². The van der Waals surface area contributed by atoms with Gasteiger partial charge in [-0.1, -0.05) is 0 Å². The molecule has 0 bridgehead atoms. The largest absolute Gasteiger partial charge is 0.382 e. The van der Waals surface area contributed by atoms with Crippen molar-refractivity contribution < 1.29 is 14.2 Å². The van der Waals surface area contributed by atoms with E-state index in [4.69, 9.17) is 14.2 Å². The second-order valence-corrected chi connectivity index (χ2v) is 5.70. The van der Waals surface area contributed by atoms with Crippen LogP contribution < -0.4 is 10.6 Å². The van der Waals surface area contributed by atoms with Gasteiger partial charge in [-0.15, -0.1) is 0 Å². The Kier molecular flexibility index (Phi) is 3.26. The summed E-state index contributed by atoms with van der Waals surface area (Å²) in [5.74, 6) is 0. The lowest BCUT2D eigenvalue weighted by molar-refractivity contribution is 0.407. The van der Waals surface area contributed by atoms with Gasteiger partial charge in [0.15, 0.2) is 0 Å². The molecule has 5 heteroatoms. The summed E-state index contributed by atoms with van der Waals surface area (Å²) in [6.45, 7) is 4.44. The second-order valence-electron chi connectivity index (χ2n) is 5.70. The number of rotatable bonds is 8. The van der Waals surface area contributed by atoms with Crippen LogP contribution in [0.5, 0.6) is 0 Å². The highest BCUT2D eigenvalue weighted by atomic mass is 16.6. The van der Waals surface area contributed by atoms with Crippen LogP contribution in [0.15, 0.2) is 18.2 Å². The Morgan fingerprint density at radius 1 is 0.900 bits per heavy atom. The van der Waals surface area contributed by atoms with E-state index >= 15 is 0 Å². The van der Waals surface area contributed by atoms with Gasteiger partial charge in [0.25, 0.3) is 0 Å². The van der Waals surface area contributed by atoms with Gasteiger partial charge in [-0.05, 0) is 23.8 Å². The van der Waals surface area contributed by atoms with E-state index in [0.717, 1.165) is 45.0 Å². The topological polar surface area (TPSA) is 61.6 Å². The molecule has 0 aromatic heterocycles. The highest BCUT2D eigenvalue weighted by Crippen LogP contribution is 2.27. The van der Waals surface area contributed by atoms with Crippen LogP contribution >= 0.6 is 0 Å². The second kappa shape index (κ2) is 5.24. The molecule has 0 amide bonds. The molecule has 3 fully saturated rings. The van der Waals surface area contributed by atoms with E-state index in [1.165, 1.54) is 11.3 Å². The number of hydrogen-bond acceptors (Lipinski definition) is 5. The summed E-state index contributed by atoms with van der Waals surface area (Å²) in [6.07, 6.45) is 2.16. The fraction of sp³-hybridized carbons (Fsp3) is 0.600. The average Bonchev–Trinajstić information content (AvgIpc) is 3.30. The monoisotopic (exact) mass is 276 g/mol. The van der Waals surface area contributed by atoms with Crippen molar-refractivity contribution in [2.24, 2.45) is 0 Å². The minimum atomic E-state index is 0.393. The van der Waals surface area contributed by atoms with Crippen molar-refractivity contribution in [3.8, 4) is 0 Å². The van der Waals surface area contributed by atoms with Gasteiger partial charge in [-0.3, -0.25) is 0 Å². The summed E-state index contributed by atoms with van der Waals surface area (Å²) in [7, 11) is 0. The molecule has 3 aliphatic rings.